The van der Waals surface area contributed by atoms with Crippen LogP contribution in [0.15, 0.2) is 66.7 Å². The van der Waals surface area contributed by atoms with E-state index >= 15 is 0 Å². The second kappa shape index (κ2) is 9.05. The van der Waals surface area contributed by atoms with Crippen LogP contribution in [0.1, 0.15) is 4.88 Å². The minimum Gasteiger partial charge on any atom is -0.452 e. The third-order valence-electron chi connectivity index (χ3n) is 3.64. The van der Waals surface area contributed by atoms with E-state index in [9.17, 15) is 18.4 Å². The minimum absolute atomic E-state index is 0.578. The molecule has 1 heterocycles. The van der Waals surface area contributed by atoms with E-state index in [1.165, 1.54) is 23.5 Å². The Labute approximate surface area is 164 Å². The summed E-state index contributed by atoms with van der Waals surface area (Å²) in [5, 5.41) is 2.04. The molecule has 1 aromatic heterocycles. The van der Waals surface area contributed by atoms with Gasteiger partial charge in [-0.3, -0.25) is 4.79 Å². The molecule has 0 saturated carbocycles. The summed E-state index contributed by atoms with van der Waals surface area (Å²) in [6.45, 7) is -0.656. The van der Waals surface area contributed by atoms with Gasteiger partial charge in [-0.1, -0.05) is 36.4 Å². The van der Waals surface area contributed by atoms with Crippen LogP contribution in [-0.2, 0) is 14.3 Å². The van der Waals surface area contributed by atoms with Crippen molar-refractivity contribution in [2.45, 2.75) is 0 Å². The Morgan fingerprint density at radius 3 is 2.39 bits per heavy atom. The van der Waals surface area contributed by atoms with E-state index in [4.69, 9.17) is 4.74 Å². The largest absolute Gasteiger partial charge is 0.452 e. The number of esters is 1. The highest BCUT2D eigenvalue weighted by molar-refractivity contribution is 7.16. The van der Waals surface area contributed by atoms with Crippen LogP contribution in [0.4, 0.5) is 14.5 Å². The Morgan fingerprint density at radius 1 is 0.964 bits per heavy atom. The Morgan fingerprint density at radius 2 is 1.68 bits per heavy atom. The van der Waals surface area contributed by atoms with E-state index in [0.717, 1.165) is 27.5 Å². The molecule has 7 heteroatoms. The third kappa shape index (κ3) is 5.11. The first-order valence-corrected chi connectivity index (χ1v) is 9.08. The fraction of sp³-hybridized carbons (Fsp3) is 0.0476. The third-order valence-corrected chi connectivity index (χ3v) is 4.74. The van der Waals surface area contributed by atoms with Crippen molar-refractivity contribution in [1.82, 2.24) is 0 Å². The van der Waals surface area contributed by atoms with Crippen molar-refractivity contribution in [2.24, 2.45) is 0 Å². The first-order valence-electron chi connectivity index (χ1n) is 8.27. The van der Waals surface area contributed by atoms with Gasteiger partial charge in [0.25, 0.3) is 5.91 Å². The Hall–Kier alpha value is -3.32. The van der Waals surface area contributed by atoms with Crippen LogP contribution in [-0.4, -0.2) is 18.5 Å². The lowest BCUT2D eigenvalue weighted by Gasteiger charge is -2.07. The molecule has 0 spiro atoms. The van der Waals surface area contributed by atoms with Crippen molar-refractivity contribution in [3.8, 4) is 10.4 Å². The summed E-state index contributed by atoms with van der Waals surface area (Å²) < 4.78 is 31.7. The van der Waals surface area contributed by atoms with Gasteiger partial charge in [-0.15, -0.1) is 11.3 Å². The van der Waals surface area contributed by atoms with Gasteiger partial charge in [0, 0.05) is 15.8 Å². The van der Waals surface area contributed by atoms with Crippen LogP contribution >= 0.6 is 11.3 Å². The Kier molecular flexibility index (Phi) is 6.29. The van der Waals surface area contributed by atoms with Crippen LogP contribution in [0.3, 0.4) is 0 Å². The van der Waals surface area contributed by atoms with Crippen LogP contribution < -0.4 is 5.32 Å². The van der Waals surface area contributed by atoms with E-state index in [1.807, 2.05) is 47.8 Å². The lowest BCUT2D eigenvalue weighted by molar-refractivity contribution is -0.142. The quantitative estimate of drug-likeness (QED) is 0.474. The molecular weight excluding hydrogens is 384 g/mol. The normalized spacial score (nSPS) is 10.8. The topological polar surface area (TPSA) is 55.4 Å². The van der Waals surface area contributed by atoms with Gasteiger partial charge in [-0.2, -0.15) is 0 Å². The average molecular weight is 399 g/mol. The number of para-hydroxylation sites is 1. The van der Waals surface area contributed by atoms with Crippen molar-refractivity contribution >= 4 is 35.0 Å². The number of nitrogens with one attached hydrogen (secondary N) is 1. The molecule has 28 heavy (non-hydrogen) atoms. The second-order valence-corrected chi connectivity index (χ2v) is 6.77. The van der Waals surface area contributed by atoms with Gasteiger partial charge >= 0.3 is 5.97 Å². The van der Waals surface area contributed by atoms with Crippen molar-refractivity contribution in [1.29, 1.82) is 0 Å². The maximum absolute atomic E-state index is 13.5. The number of hydrogen-bond donors (Lipinski definition) is 1. The first kappa shape index (κ1) is 19.4. The van der Waals surface area contributed by atoms with Crippen LogP contribution in [0.5, 0.6) is 0 Å². The molecule has 0 aliphatic heterocycles. The summed E-state index contributed by atoms with van der Waals surface area (Å²) in [5.74, 6) is -3.40. The lowest BCUT2D eigenvalue weighted by atomic mass is 10.2. The maximum Gasteiger partial charge on any atom is 0.331 e. The monoisotopic (exact) mass is 399 g/mol. The lowest BCUT2D eigenvalue weighted by Crippen LogP contribution is -2.21. The number of anilines is 1. The second-order valence-electron chi connectivity index (χ2n) is 5.65. The summed E-state index contributed by atoms with van der Waals surface area (Å²) in [7, 11) is 0. The zero-order valence-corrected chi connectivity index (χ0v) is 15.3. The molecule has 3 rings (SSSR count). The number of rotatable bonds is 6. The molecule has 1 amide bonds. The molecular formula is C21H15F2NO3S. The van der Waals surface area contributed by atoms with Gasteiger partial charge < -0.3 is 10.1 Å². The van der Waals surface area contributed by atoms with E-state index in [0.29, 0.717) is 0 Å². The van der Waals surface area contributed by atoms with Gasteiger partial charge in [0.1, 0.15) is 17.3 Å². The zero-order chi connectivity index (χ0) is 19.9. The highest BCUT2D eigenvalue weighted by atomic mass is 32.1. The molecule has 0 aliphatic carbocycles. The number of benzene rings is 2. The van der Waals surface area contributed by atoms with E-state index in [1.54, 1.807) is 6.08 Å². The SMILES string of the molecule is O=C(COC(=O)/C=C/c1ccc(-c2ccccc2)s1)Nc1c(F)cccc1F. The van der Waals surface area contributed by atoms with Gasteiger partial charge in [-0.05, 0) is 35.9 Å². The highest BCUT2D eigenvalue weighted by Crippen LogP contribution is 2.28. The van der Waals surface area contributed by atoms with Crippen molar-refractivity contribution in [3.05, 3.63) is 83.3 Å². The van der Waals surface area contributed by atoms with Crippen LogP contribution in [0, 0.1) is 11.6 Å². The van der Waals surface area contributed by atoms with Crippen molar-refractivity contribution in [3.63, 3.8) is 0 Å². The summed E-state index contributed by atoms with van der Waals surface area (Å²) in [5.41, 5.74) is 0.498. The minimum atomic E-state index is -0.911. The fourth-order valence-electron chi connectivity index (χ4n) is 2.33. The van der Waals surface area contributed by atoms with Crippen LogP contribution in [0.25, 0.3) is 16.5 Å². The predicted molar refractivity (Wildman–Crippen MR) is 105 cm³/mol. The zero-order valence-electron chi connectivity index (χ0n) is 14.5. The summed E-state index contributed by atoms with van der Waals surface area (Å²) >= 11 is 1.50. The molecule has 4 nitrogen and oxygen atoms in total. The van der Waals surface area contributed by atoms with Crippen molar-refractivity contribution in [2.75, 3.05) is 11.9 Å². The molecule has 0 unspecified atom stereocenters. The Balaban J connectivity index is 1.52. The predicted octanol–water partition coefficient (Wildman–Crippen LogP) is 4.89. The molecule has 2 aromatic carbocycles. The molecule has 3 aromatic rings. The standard InChI is InChI=1S/C21H15F2NO3S/c22-16-7-4-8-17(23)21(16)24-19(25)13-27-20(26)12-10-15-9-11-18(28-15)14-5-2-1-3-6-14/h1-12H,13H2,(H,24,25)/b12-10+. The van der Waals surface area contributed by atoms with Crippen molar-refractivity contribution < 1.29 is 23.1 Å². The van der Waals surface area contributed by atoms with Gasteiger partial charge in [-0.25, -0.2) is 13.6 Å². The molecule has 142 valence electrons. The number of halogens is 2. The van der Waals surface area contributed by atoms with Gasteiger partial charge in [0.15, 0.2) is 6.61 Å². The fourth-order valence-corrected chi connectivity index (χ4v) is 3.24. The molecule has 0 atom stereocenters. The number of amides is 1. The van der Waals surface area contributed by atoms with E-state index < -0.39 is 35.8 Å². The number of hydrogen-bond acceptors (Lipinski definition) is 4. The maximum atomic E-state index is 13.5. The summed E-state index contributed by atoms with van der Waals surface area (Å²) in [4.78, 5) is 25.4. The first-order chi connectivity index (χ1) is 13.5. The number of carbonyl (C=O) groups is 2. The van der Waals surface area contributed by atoms with E-state index in [-0.39, 0.29) is 0 Å². The molecule has 0 fully saturated rings. The van der Waals surface area contributed by atoms with Gasteiger partial charge in [0.2, 0.25) is 0 Å². The summed E-state index contributed by atoms with van der Waals surface area (Å²) in [6.07, 6.45) is 2.77. The summed E-state index contributed by atoms with van der Waals surface area (Å²) in [6, 6.07) is 16.8. The van der Waals surface area contributed by atoms with Crippen LogP contribution in [0.2, 0.25) is 0 Å². The average Bonchev–Trinajstić information content (AvgIpc) is 3.17. The number of carbonyl (C=O) groups excluding carboxylic acids is 2. The van der Waals surface area contributed by atoms with Gasteiger partial charge in [0.05, 0.1) is 0 Å². The number of thiophene rings is 1. The number of ether oxygens (including phenoxy) is 1. The van der Waals surface area contributed by atoms with E-state index in [2.05, 4.69) is 0 Å². The smallest absolute Gasteiger partial charge is 0.331 e. The highest BCUT2D eigenvalue weighted by Gasteiger charge is 2.13. The Bertz CT molecular complexity index is 995. The molecule has 0 saturated heterocycles. The molecule has 0 aliphatic rings. The molecule has 0 radical (unpaired) electrons. The molecule has 1 N–H and O–H groups in total. The molecule has 0 bridgehead atoms.